The van der Waals surface area contributed by atoms with Gasteiger partial charge in [0.2, 0.25) is 5.91 Å². The van der Waals surface area contributed by atoms with Crippen molar-refractivity contribution in [2.75, 3.05) is 13.2 Å². The third-order valence-corrected chi connectivity index (χ3v) is 2.36. The zero-order chi connectivity index (χ0) is 12.7. The number of aliphatic hydroxyl groups is 1. The van der Waals surface area contributed by atoms with E-state index >= 15 is 0 Å². The molecular formula is C13H19NO3. The molecule has 4 nitrogen and oxygen atoms in total. The van der Waals surface area contributed by atoms with Gasteiger partial charge >= 0.3 is 0 Å². The van der Waals surface area contributed by atoms with Crippen LogP contribution in [0.25, 0.3) is 0 Å². The molecule has 1 rings (SSSR count). The molecule has 94 valence electrons. The molecule has 0 radical (unpaired) electrons. The largest absolute Gasteiger partial charge is 0.493 e. The Labute approximate surface area is 102 Å². The first kappa shape index (κ1) is 13.5. The molecule has 2 N–H and O–H groups in total. The summed E-state index contributed by atoms with van der Waals surface area (Å²) in [6.07, 6.45) is 0.290. The van der Waals surface area contributed by atoms with Crippen LogP contribution in [0, 0.1) is 6.92 Å². The fraction of sp³-hybridized carbons (Fsp3) is 0.462. The number of nitrogens with one attached hydrogen (secondary N) is 1. The lowest BCUT2D eigenvalue weighted by atomic mass is 10.2. The van der Waals surface area contributed by atoms with Crippen LogP contribution in [-0.2, 0) is 4.79 Å². The fourth-order valence-electron chi connectivity index (χ4n) is 1.36. The van der Waals surface area contributed by atoms with Crippen molar-refractivity contribution in [1.29, 1.82) is 0 Å². The number of carbonyl (C=O) groups is 1. The normalized spacial score (nSPS) is 11.9. The molecule has 0 saturated carbocycles. The number of benzene rings is 1. The lowest BCUT2D eigenvalue weighted by molar-refractivity contribution is -0.122. The highest BCUT2D eigenvalue weighted by Gasteiger charge is 2.06. The van der Waals surface area contributed by atoms with E-state index in [0.29, 0.717) is 13.0 Å². The Hall–Kier alpha value is -1.55. The number of aliphatic hydroxyl groups excluding tert-OH is 1. The second kappa shape index (κ2) is 6.91. The zero-order valence-electron chi connectivity index (χ0n) is 10.3. The topological polar surface area (TPSA) is 58.6 Å². The van der Waals surface area contributed by atoms with Crippen molar-refractivity contribution in [3.8, 4) is 5.75 Å². The smallest absolute Gasteiger partial charge is 0.223 e. The predicted molar refractivity (Wildman–Crippen MR) is 66.0 cm³/mol. The highest BCUT2D eigenvalue weighted by molar-refractivity contribution is 5.76. The van der Waals surface area contributed by atoms with E-state index in [1.54, 1.807) is 6.92 Å². The Balaban J connectivity index is 2.29. The fourth-order valence-corrected chi connectivity index (χ4v) is 1.36. The molecule has 1 aromatic rings. The maximum absolute atomic E-state index is 11.4. The van der Waals surface area contributed by atoms with Crippen LogP contribution in [-0.4, -0.2) is 30.3 Å². The van der Waals surface area contributed by atoms with Crippen molar-refractivity contribution in [3.63, 3.8) is 0 Å². The van der Waals surface area contributed by atoms with Crippen LogP contribution in [0.4, 0.5) is 0 Å². The first-order chi connectivity index (χ1) is 8.13. The number of hydrogen-bond donors (Lipinski definition) is 2. The number of para-hydroxylation sites is 1. The molecule has 0 bridgehead atoms. The van der Waals surface area contributed by atoms with Gasteiger partial charge in [-0.3, -0.25) is 4.79 Å². The van der Waals surface area contributed by atoms with Gasteiger partial charge in [0.25, 0.3) is 0 Å². The first-order valence-corrected chi connectivity index (χ1v) is 5.72. The van der Waals surface area contributed by atoms with Crippen molar-refractivity contribution in [2.24, 2.45) is 0 Å². The van der Waals surface area contributed by atoms with Gasteiger partial charge in [0.1, 0.15) is 5.75 Å². The van der Waals surface area contributed by atoms with Gasteiger partial charge in [-0.05, 0) is 25.5 Å². The first-order valence-electron chi connectivity index (χ1n) is 5.72. The summed E-state index contributed by atoms with van der Waals surface area (Å²) in [5, 5.41) is 11.4. The van der Waals surface area contributed by atoms with Crippen LogP contribution in [0.1, 0.15) is 18.9 Å². The van der Waals surface area contributed by atoms with Gasteiger partial charge in [0.15, 0.2) is 0 Å². The van der Waals surface area contributed by atoms with Gasteiger partial charge in [-0.2, -0.15) is 0 Å². The van der Waals surface area contributed by atoms with E-state index in [1.807, 2.05) is 31.2 Å². The summed E-state index contributed by atoms with van der Waals surface area (Å²) in [7, 11) is 0. The second-order valence-corrected chi connectivity index (χ2v) is 4.02. The summed E-state index contributed by atoms with van der Waals surface area (Å²) >= 11 is 0. The number of carbonyl (C=O) groups excluding carboxylic acids is 1. The standard InChI is InChI=1S/C13H19NO3/c1-10-5-3-4-6-12(10)17-8-7-13(16)14-11(2)9-15/h3-6,11,15H,7-9H2,1-2H3,(H,14,16). The van der Waals surface area contributed by atoms with Crippen LogP contribution in [0.15, 0.2) is 24.3 Å². The monoisotopic (exact) mass is 237 g/mol. The van der Waals surface area contributed by atoms with Gasteiger partial charge in [-0.1, -0.05) is 18.2 Å². The third-order valence-electron chi connectivity index (χ3n) is 2.36. The van der Waals surface area contributed by atoms with E-state index < -0.39 is 0 Å². The van der Waals surface area contributed by atoms with E-state index in [2.05, 4.69) is 5.32 Å². The molecule has 0 aliphatic carbocycles. The average Bonchev–Trinajstić information content (AvgIpc) is 2.31. The molecule has 0 aliphatic heterocycles. The number of hydrogen-bond acceptors (Lipinski definition) is 3. The molecule has 1 amide bonds. The van der Waals surface area contributed by atoms with Crippen LogP contribution < -0.4 is 10.1 Å². The van der Waals surface area contributed by atoms with Crippen molar-refractivity contribution >= 4 is 5.91 Å². The number of aryl methyl sites for hydroxylation is 1. The lowest BCUT2D eigenvalue weighted by Crippen LogP contribution is -2.35. The Kier molecular flexibility index (Phi) is 5.49. The molecule has 0 spiro atoms. The minimum absolute atomic E-state index is 0.0512. The SMILES string of the molecule is Cc1ccccc1OCCC(=O)NC(C)CO. The summed E-state index contributed by atoms with van der Waals surface area (Å²) in [6.45, 7) is 4.00. The minimum Gasteiger partial charge on any atom is -0.493 e. The van der Waals surface area contributed by atoms with Crippen LogP contribution in [0.2, 0.25) is 0 Å². The molecular weight excluding hydrogens is 218 g/mol. The third kappa shape index (κ3) is 4.87. The molecule has 17 heavy (non-hydrogen) atoms. The quantitative estimate of drug-likeness (QED) is 0.783. The summed E-state index contributed by atoms with van der Waals surface area (Å²) in [5.41, 5.74) is 1.05. The van der Waals surface area contributed by atoms with Gasteiger partial charge < -0.3 is 15.2 Å². The van der Waals surface area contributed by atoms with E-state index in [1.165, 1.54) is 0 Å². The molecule has 4 heteroatoms. The number of amides is 1. The van der Waals surface area contributed by atoms with Crippen molar-refractivity contribution in [2.45, 2.75) is 26.3 Å². The summed E-state index contributed by atoms with van der Waals surface area (Å²) in [4.78, 5) is 11.4. The van der Waals surface area contributed by atoms with Crippen molar-refractivity contribution < 1.29 is 14.6 Å². The molecule has 0 saturated heterocycles. The van der Waals surface area contributed by atoms with E-state index in [0.717, 1.165) is 11.3 Å². The molecule has 0 aliphatic rings. The Morgan fingerprint density at radius 2 is 2.18 bits per heavy atom. The lowest BCUT2D eigenvalue weighted by Gasteiger charge is -2.12. The van der Waals surface area contributed by atoms with Crippen LogP contribution >= 0.6 is 0 Å². The maximum Gasteiger partial charge on any atom is 0.223 e. The molecule has 1 unspecified atom stereocenters. The summed E-state index contributed by atoms with van der Waals surface area (Å²) in [6, 6.07) is 7.47. The van der Waals surface area contributed by atoms with Crippen LogP contribution in [0.5, 0.6) is 5.75 Å². The summed E-state index contributed by atoms with van der Waals surface area (Å²) < 4.78 is 5.50. The maximum atomic E-state index is 11.4. The zero-order valence-corrected chi connectivity index (χ0v) is 10.3. The second-order valence-electron chi connectivity index (χ2n) is 4.02. The van der Waals surface area contributed by atoms with Crippen LogP contribution in [0.3, 0.4) is 0 Å². The Bertz CT molecular complexity index is 365. The molecule has 1 atom stereocenters. The van der Waals surface area contributed by atoms with Gasteiger partial charge in [-0.25, -0.2) is 0 Å². The van der Waals surface area contributed by atoms with Gasteiger partial charge in [-0.15, -0.1) is 0 Å². The average molecular weight is 237 g/mol. The Morgan fingerprint density at radius 3 is 2.82 bits per heavy atom. The van der Waals surface area contributed by atoms with Gasteiger partial charge in [0.05, 0.1) is 19.6 Å². The highest BCUT2D eigenvalue weighted by atomic mass is 16.5. The van der Waals surface area contributed by atoms with Gasteiger partial charge in [0, 0.05) is 6.04 Å². The van der Waals surface area contributed by atoms with E-state index in [-0.39, 0.29) is 18.6 Å². The molecule has 1 aromatic carbocycles. The number of ether oxygens (including phenoxy) is 1. The highest BCUT2D eigenvalue weighted by Crippen LogP contribution is 2.15. The molecule has 0 fully saturated rings. The predicted octanol–water partition coefficient (Wildman–Crippen LogP) is 1.26. The van der Waals surface area contributed by atoms with E-state index in [9.17, 15) is 4.79 Å². The molecule has 0 aromatic heterocycles. The Morgan fingerprint density at radius 1 is 1.47 bits per heavy atom. The number of rotatable bonds is 6. The molecule has 0 heterocycles. The van der Waals surface area contributed by atoms with E-state index in [4.69, 9.17) is 9.84 Å². The minimum atomic E-state index is -0.207. The van der Waals surface area contributed by atoms with Crippen molar-refractivity contribution in [1.82, 2.24) is 5.32 Å². The summed E-state index contributed by atoms with van der Waals surface area (Å²) in [5.74, 6) is 0.690. The van der Waals surface area contributed by atoms with Crippen molar-refractivity contribution in [3.05, 3.63) is 29.8 Å².